The summed E-state index contributed by atoms with van der Waals surface area (Å²) in [4.78, 5) is 25.5. The van der Waals surface area contributed by atoms with Crippen molar-refractivity contribution in [2.24, 2.45) is 0 Å². The molecule has 4 rings (SSSR count). The molecule has 0 amide bonds. The molecule has 1 aromatic carbocycles. The number of aryl methyl sites for hydroxylation is 1. The van der Waals surface area contributed by atoms with Gasteiger partial charge in [0.15, 0.2) is 0 Å². The number of para-hydroxylation sites is 1. The van der Waals surface area contributed by atoms with Crippen LogP contribution in [0.5, 0.6) is 0 Å². The Morgan fingerprint density at radius 1 is 1.12 bits per heavy atom. The van der Waals surface area contributed by atoms with Crippen molar-refractivity contribution >= 4 is 28.3 Å². The molecule has 0 N–H and O–H groups in total. The Kier molecular flexibility index (Phi) is 3.74. The number of fused-ring (bicyclic) bond motifs is 2. The van der Waals surface area contributed by atoms with E-state index in [0.717, 1.165) is 27.2 Å². The van der Waals surface area contributed by atoms with Crippen molar-refractivity contribution in [1.82, 2.24) is 19.4 Å². The van der Waals surface area contributed by atoms with Gasteiger partial charge in [-0.25, -0.2) is 15.0 Å². The fourth-order valence-electron chi connectivity index (χ4n) is 2.62. The molecule has 6 heteroatoms. The molecule has 24 heavy (non-hydrogen) atoms. The molecule has 3 heterocycles. The molecular formula is C18H14N4OS. The van der Waals surface area contributed by atoms with E-state index in [0.29, 0.717) is 11.4 Å². The lowest BCUT2D eigenvalue weighted by Crippen LogP contribution is -2.15. The van der Waals surface area contributed by atoms with E-state index in [1.54, 1.807) is 34.8 Å². The Hall–Kier alpha value is -2.73. The largest absolute Gasteiger partial charge is 0.269 e. The third-order valence-electron chi connectivity index (χ3n) is 3.80. The highest BCUT2D eigenvalue weighted by Gasteiger charge is 2.08. The molecule has 0 saturated heterocycles. The summed E-state index contributed by atoms with van der Waals surface area (Å²) in [6, 6.07) is 13.3. The first-order chi connectivity index (χ1) is 11.7. The lowest BCUT2D eigenvalue weighted by atomic mass is 10.2. The summed E-state index contributed by atoms with van der Waals surface area (Å²) in [5.41, 5.74) is 3.29. The average molecular weight is 334 g/mol. The number of hydrogen-bond acceptors (Lipinski definition) is 5. The number of nitrogens with zero attached hydrogens (tertiary/aromatic N) is 4. The first-order valence-electron chi connectivity index (χ1n) is 7.53. The molecule has 0 saturated carbocycles. The standard InChI is InChI=1S/C18H14N4OS/c1-12-5-4-8-22-16(23)9-13(21-17(12)22)10-24-18-14-6-2-3-7-15(14)19-11-20-18/h2-9,11H,10H2,1H3. The van der Waals surface area contributed by atoms with Gasteiger partial charge in [-0.1, -0.05) is 36.0 Å². The van der Waals surface area contributed by atoms with Gasteiger partial charge in [0, 0.05) is 23.4 Å². The molecule has 3 aromatic heterocycles. The maximum Gasteiger partial charge on any atom is 0.258 e. The molecule has 0 aliphatic rings. The van der Waals surface area contributed by atoms with Gasteiger partial charge in [0.05, 0.1) is 11.2 Å². The number of thioether (sulfide) groups is 1. The topological polar surface area (TPSA) is 60.2 Å². The van der Waals surface area contributed by atoms with Gasteiger partial charge in [0.1, 0.15) is 17.0 Å². The van der Waals surface area contributed by atoms with Crippen LogP contribution in [0.25, 0.3) is 16.6 Å². The molecule has 0 radical (unpaired) electrons. The third kappa shape index (κ3) is 2.65. The summed E-state index contributed by atoms with van der Waals surface area (Å²) >= 11 is 1.56. The molecule has 0 unspecified atom stereocenters. The van der Waals surface area contributed by atoms with Gasteiger partial charge in [-0.05, 0) is 24.6 Å². The van der Waals surface area contributed by atoms with Gasteiger partial charge in [0.25, 0.3) is 5.56 Å². The normalized spacial score (nSPS) is 11.2. The smallest absolute Gasteiger partial charge is 0.258 e. The maximum atomic E-state index is 12.3. The van der Waals surface area contributed by atoms with E-state index < -0.39 is 0 Å². The van der Waals surface area contributed by atoms with Gasteiger partial charge < -0.3 is 0 Å². The SMILES string of the molecule is Cc1cccn2c(=O)cc(CSc3ncnc4ccccc34)nc12. The van der Waals surface area contributed by atoms with Crippen molar-refractivity contribution in [2.45, 2.75) is 17.7 Å². The van der Waals surface area contributed by atoms with E-state index in [9.17, 15) is 4.79 Å². The molecule has 4 aromatic rings. The molecule has 0 spiro atoms. The summed E-state index contributed by atoms with van der Waals surface area (Å²) in [5, 5.41) is 1.91. The average Bonchev–Trinajstić information content (AvgIpc) is 2.61. The van der Waals surface area contributed by atoms with Gasteiger partial charge in [-0.2, -0.15) is 0 Å². The van der Waals surface area contributed by atoms with Crippen molar-refractivity contribution in [2.75, 3.05) is 0 Å². The van der Waals surface area contributed by atoms with Gasteiger partial charge in [0.2, 0.25) is 0 Å². The van der Waals surface area contributed by atoms with E-state index in [2.05, 4.69) is 15.0 Å². The van der Waals surface area contributed by atoms with Crippen molar-refractivity contribution in [3.8, 4) is 0 Å². The van der Waals surface area contributed by atoms with Crippen LogP contribution in [0.4, 0.5) is 0 Å². The lowest BCUT2D eigenvalue weighted by Gasteiger charge is -2.07. The van der Waals surface area contributed by atoms with Crippen molar-refractivity contribution in [1.29, 1.82) is 0 Å². The minimum Gasteiger partial charge on any atom is -0.269 e. The predicted molar refractivity (Wildman–Crippen MR) is 95.3 cm³/mol. The number of benzene rings is 1. The predicted octanol–water partition coefficient (Wildman–Crippen LogP) is 3.24. The monoisotopic (exact) mass is 334 g/mol. The summed E-state index contributed by atoms with van der Waals surface area (Å²) < 4.78 is 1.57. The fraction of sp³-hybridized carbons (Fsp3) is 0.111. The summed E-state index contributed by atoms with van der Waals surface area (Å²) in [7, 11) is 0. The van der Waals surface area contributed by atoms with Crippen LogP contribution in [0.1, 0.15) is 11.3 Å². The van der Waals surface area contributed by atoms with Crippen LogP contribution in [0.2, 0.25) is 0 Å². The molecule has 0 aliphatic carbocycles. The summed E-state index contributed by atoms with van der Waals surface area (Å²) in [6.07, 6.45) is 3.31. The van der Waals surface area contributed by atoms with Crippen LogP contribution >= 0.6 is 11.8 Å². The molecule has 5 nitrogen and oxygen atoms in total. The Balaban J connectivity index is 1.70. The molecule has 0 aliphatic heterocycles. The van der Waals surface area contributed by atoms with Gasteiger partial charge in [-0.3, -0.25) is 9.20 Å². The summed E-state index contributed by atoms with van der Waals surface area (Å²) in [5.74, 6) is 0.584. The Morgan fingerprint density at radius 2 is 2.00 bits per heavy atom. The first-order valence-corrected chi connectivity index (χ1v) is 8.51. The highest BCUT2D eigenvalue weighted by atomic mass is 32.2. The van der Waals surface area contributed by atoms with E-state index >= 15 is 0 Å². The van der Waals surface area contributed by atoms with Crippen LogP contribution < -0.4 is 5.56 Å². The van der Waals surface area contributed by atoms with Crippen LogP contribution in [0, 0.1) is 6.92 Å². The lowest BCUT2D eigenvalue weighted by molar-refractivity contribution is 0.999. The third-order valence-corrected chi connectivity index (χ3v) is 4.84. The second-order valence-corrected chi connectivity index (χ2v) is 6.42. The number of hydrogen-bond donors (Lipinski definition) is 0. The number of aromatic nitrogens is 4. The molecule has 0 bridgehead atoms. The second-order valence-electron chi connectivity index (χ2n) is 5.46. The zero-order valence-electron chi connectivity index (χ0n) is 13.0. The Bertz CT molecular complexity index is 1100. The van der Waals surface area contributed by atoms with Gasteiger partial charge in [-0.15, -0.1) is 0 Å². The quantitative estimate of drug-likeness (QED) is 0.425. The molecular weight excluding hydrogens is 320 g/mol. The van der Waals surface area contributed by atoms with E-state index in [1.807, 2.05) is 43.3 Å². The molecule has 0 fully saturated rings. The second kappa shape index (κ2) is 6.05. The van der Waals surface area contributed by atoms with Crippen LogP contribution in [-0.4, -0.2) is 19.4 Å². The van der Waals surface area contributed by atoms with Gasteiger partial charge >= 0.3 is 0 Å². The Labute approximate surface area is 142 Å². The maximum absolute atomic E-state index is 12.3. The first kappa shape index (κ1) is 14.8. The highest BCUT2D eigenvalue weighted by molar-refractivity contribution is 7.98. The zero-order chi connectivity index (χ0) is 16.5. The van der Waals surface area contributed by atoms with E-state index in [1.165, 1.54) is 0 Å². The van der Waals surface area contributed by atoms with Crippen molar-refractivity contribution in [3.05, 3.63) is 76.6 Å². The number of rotatable bonds is 3. The Morgan fingerprint density at radius 3 is 2.92 bits per heavy atom. The van der Waals surface area contributed by atoms with Crippen LogP contribution in [-0.2, 0) is 5.75 Å². The molecule has 0 atom stereocenters. The van der Waals surface area contributed by atoms with E-state index in [-0.39, 0.29) is 5.56 Å². The van der Waals surface area contributed by atoms with E-state index in [4.69, 9.17) is 0 Å². The highest BCUT2D eigenvalue weighted by Crippen LogP contribution is 2.26. The van der Waals surface area contributed by atoms with Crippen molar-refractivity contribution in [3.63, 3.8) is 0 Å². The fourth-order valence-corrected chi connectivity index (χ4v) is 3.50. The minimum absolute atomic E-state index is 0.0631. The number of pyridine rings is 1. The van der Waals surface area contributed by atoms with Crippen LogP contribution in [0.3, 0.4) is 0 Å². The van der Waals surface area contributed by atoms with Crippen LogP contribution in [0.15, 0.2) is 64.8 Å². The van der Waals surface area contributed by atoms with Crippen molar-refractivity contribution < 1.29 is 0 Å². The summed E-state index contributed by atoms with van der Waals surface area (Å²) in [6.45, 7) is 1.95. The zero-order valence-corrected chi connectivity index (χ0v) is 13.8. The molecule has 118 valence electrons. The minimum atomic E-state index is -0.0631.